The summed E-state index contributed by atoms with van der Waals surface area (Å²) in [7, 11) is 0. The predicted octanol–water partition coefficient (Wildman–Crippen LogP) is 3.82. The molecule has 7 heteroatoms. The van der Waals surface area contributed by atoms with E-state index in [0.717, 1.165) is 4.57 Å². The smallest absolute Gasteiger partial charge is 0.331 e. The number of ether oxygens (including phenoxy) is 1. The van der Waals surface area contributed by atoms with Gasteiger partial charge in [0.1, 0.15) is 12.3 Å². The molecule has 25 heavy (non-hydrogen) atoms. The van der Waals surface area contributed by atoms with Gasteiger partial charge in [-0.25, -0.2) is 9.78 Å². The molecule has 0 aliphatic heterocycles. The topological polar surface area (TPSA) is 61.2 Å². The maximum atomic E-state index is 12.4. The summed E-state index contributed by atoms with van der Waals surface area (Å²) in [6, 6.07) is 17.5. The van der Waals surface area contributed by atoms with Gasteiger partial charge in [-0.1, -0.05) is 71.7 Å². The van der Waals surface area contributed by atoms with E-state index in [0.29, 0.717) is 17.0 Å². The fourth-order valence-electron chi connectivity index (χ4n) is 2.31. The lowest BCUT2D eigenvalue weighted by Gasteiger charge is -2.14. The van der Waals surface area contributed by atoms with Crippen molar-refractivity contribution >= 4 is 29.2 Å². The van der Waals surface area contributed by atoms with Crippen molar-refractivity contribution in [2.24, 2.45) is 0 Å². The molecule has 126 valence electrons. The van der Waals surface area contributed by atoms with E-state index in [9.17, 15) is 9.59 Å². The first-order valence-electron chi connectivity index (χ1n) is 7.33. The fraction of sp³-hybridized carbons (Fsp3) is 0.0556. The van der Waals surface area contributed by atoms with Crippen LogP contribution in [0.3, 0.4) is 0 Å². The van der Waals surface area contributed by atoms with Gasteiger partial charge < -0.3 is 4.74 Å². The Hall–Kier alpha value is -2.63. The molecule has 3 aromatic rings. The number of esters is 1. The second kappa shape index (κ2) is 7.51. The highest BCUT2D eigenvalue weighted by Gasteiger charge is 2.19. The zero-order chi connectivity index (χ0) is 17.8. The second-order valence-electron chi connectivity index (χ2n) is 5.09. The molecule has 0 amide bonds. The molecule has 0 aliphatic carbocycles. The van der Waals surface area contributed by atoms with Crippen LogP contribution < -0.4 is 10.3 Å². The predicted molar refractivity (Wildman–Crippen MR) is 96.0 cm³/mol. The van der Waals surface area contributed by atoms with Crippen molar-refractivity contribution in [2.75, 3.05) is 0 Å². The molecule has 0 saturated carbocycles. The van der Waals surface area contributed by atoms with Crippen LogP contribution >= 0.6 is 23.2 Å². The Labute approximate surface area is 153 Å². The van der Waals surface area contributed by atoms with Crippen molar-refractivity contribution < 1.29 is 9.53 Å². The Bertz CT molecular complexity index is 957. The Morgan fingerprint density at radius 2 is 1.56 bits per heavy atom. The van der Waals surface area contributed by atoms with E-state index in [1.807, 2.05) is 6.07 Å². The molecule has 0 saturated heterocycles. The van der Waals surface area contributed by atoms with E-state index in [1.54, 1.807) is 54.6 Å². The normalized spacial score (nSPS) is 10.5. The molecule has 3 rings (SSSR count). The molecule has 0 aliphatic rings. The van der Waals surface area contributed by atoms with Gasteiger partial charge in [0.2, 0.25) is 0 Å². The molecular weight excluding hydrogens is 363 g/mol. The third-order valence-corrected chi connectivity index (χ3v) is 3.90. The van der Waals surface area contributed by atoms with Crippen molar-refractivity contribution in [3.8, 4) is 17.0 Å². The first-order valence-corrected chi connectivity index (χ1v) is 8.09. The summed E-state index contributed by atoms with van der Waals surface area (Å²) in [5.74, 6) is -0.239. The molecule has 0 bridgehead atoms. The first kappa shape index (κ1) is 17.2. The monoisotopic (exact) mass is 374 g/mol. The highest BCUT2D eigenvalue weighted by atomic mass is 35.5. The Morgan fingerprint density at radius 1 is 0.960 bits per heavy atom. The van der Waals surface area contributed by atoms with E-state index >= 15 is 0 Å². The number of rotatable bonds is 4. The van der Waals surface area contributed by atoms with Gasteiger partial charge >= 0.3 is 5.97 Å². The quantitative estimate of drug-likeness (QED) is 0.514. The number of aromatic nitrogens is 2. The number of para-hydroxylation sites is 1. The minimum atomic E-state index is -0.621. The molecule has 0 N–H and O–H groups in total. The molecule has 0 atom stereocenters. The Balaban J connectivity index is 2.00. The van der Waals surface area contributed by atoms with Gasteiger partial charge in [-0.3, -0.25) is 9.36 Å². The zero-order valence-corrected chi connectivity index (χ0v) is 14.4. The number of carbonyl (C=O) groups is 1. The van der Waals surface area contributed by atoms with Crippen LogP contribution in [0, 0.1) is 0 Å². The van der Waals surface area contributed by atoms with Gasteiger partial charge in [0.25, 0.3) is 5.56 Å². The average Bonchev–Trinajstić information content (AvgIpc) is 2.61. The number of hydrogen-bond acceptors (Lipinski definition) is 4. The van der Waals surface area contributed by atoms with Crippen LogP contribution in [-0.4, -0.2) is 15.5 Å². The molecule has 2 aromatic carbocycles. The number of nitrogens with zero attached hydrogens (tertiary/aromatic N) is 2. The van der Waals surface area contributed by atoms with Crippen LogP contribution in [0.5, 0.6) is 5.75 Å². The Morgan fingerprint density at radius 3 is 2.20 bits per heavy atom. The molecular formula is C18H12Cl2N2O3. The third-order valence-electron chi connectivity index (χ3n) is 3.39. The van der Waals surface area contributed by atoms with Crippen LogP contribution in [0.2, 0.25) is 10.3 Å². The minimum absolute atomic E-state index is 0.0308. The summed E-state index contributed by atoms with van der Waals surface area (Å²) in [5.41, 5.74) is 0.331. The number of benzene rings is 2. The maximum Gasteiger partial charge on any atom is 0.331 e. The highest BCUT2D eigenvalue weighted by molar-refractivity contribution is 6.33. The molecule has 1 aromatic heterocycles. The SMILES string of the molecule is O=C(Cn1c(-c2ccccc2)c(Cl)nc(Cl)c1=O)Oc1ccccc1. The van der Waals surface area contributed by atoms with Crippen molar-refractivity contribution in [1.82, 2.24) is 9.55 Å². The fourth-order valence-corrected chi connectivity index (χ4v) is 2.84. The molecule has 0 fully saturated rings. The van der Waals surface area contributed by atoms with Gasteiger partial charge in [-0.05, 0) is 12.1 Å². The number of carbonyl (C=O) groups excluding carboxylic acids is 1. The van der Waals surface area contributed by atoms with Gasteiger partial charge in [-0.15, -0.1) is 0 Å². The van der Waals surface area contributed by atoms with Crippen LogP contribution in [0.1, 0.15) is 0 Å². The van der Waals surface area contributed by atoms with Crippen molar-refractivity contribution in [1.29, 1.82) is 0 Å². The van der Waals surface area contributed by atoms with Crippen molar-refractivity contribution in [3.63, 3.8) is 0 Å². The van der Waals surface area contributed by atoms with Crippen LogP contribution in [0.4, 0.5) is 0 Å². The van der Waals surface area contributed by atoms with Gasteiger partial charge in [0.15, 0.2) is 10.3 Å². The summed E-state index contributed by atoms with van der Waals surface area (Å²) >= 11 is 12.0. The van der Waals surface area contributed by atoms with E-state index in [2.05, 4.69) is 4.98 Å². The van der Waals surface area contributed by atoms with Crippen molar-refractivity contribution in [2.45, 2.75) is 6.54 Å². The third kappa shape index (κ3) is 3.90. The molecule has 0 spiro atoms. The largest absolute Gasteiger partial charge is 0.425 e. The minimum Gasteiger partial charge on any atom is -0.425 e. The summed E-state index contributed by atoms with van der Waals surface area (Å²) in [6.45, 7) is -0.347. The lowest BCUT2D eigenvalue weighted by molar-refractivity contribution is -0.135. The molecule has 0 radical (unpaired) electrons. The van der Waals surface area contributed by atoms with Crippen LogP contribution in [0.25, 0.3) is 11.3 Å². The summed E-state index contributed by atoms with van der Waals surface area (Å²) in [4.78, 5) is 28.5. The van der Waals surface area contributed by atoms with Crippen molar-refractivity contribution in [3.05, 3.63) is 81.3 Å². The highest BCUT2D eigenvalue weighted by Crippen LogP contribution is 2.26. The van der Waals surface area contributed by atoms with Crippen LogP contribution in [-0.2, 0) is 11.3 Å². The van der Waals surface area contributed by atoms with Gasteiger partial charge in [-0.2, -0.15) is 0 Å². The standard InChI is InChI=1S/C18H12Cl2N2O3/c19-16-15(12-7-3-1-4-8-12)22(18(24)17(20)21-16)11-14(23)25-13-9-5-2-6-10-13/h1-10H,11H2. The van der Waals surface area contributed by atoms with Crippen LogP contribution in [0.15, 0.2) is 65.5 Å². The average molecular weight is 375 g/mol. The first-order chi connectivity index (χ1) is 12.1. The lowest BCUT2D eigenvalue weighted by atomic mass is 10.1. The van der Waals surface area contributed by atoms with E-state index in [1.165, 1.54) is 0 Å². The summed E-state index contributed by atoms with van der Waals surface area (Å²) in [5, 5.41) is -0.277. The molecule has 0 unspecified atom stereocenters. The summed E-state index contributed by atoms with van der Waals surface area (Å²) in [6.07, 6.45) is 0. The molecule has 1 heterocycles. The number of hydrogen-bond donors (Lipinski definition) is 0. The van der Waals surface area contributed by atoms with E-state index < -0.39 is 11.5 Å². The van der Waals surface area contributed by atoms with Gasteiger partial charge in [0.05, 0.1) is 5.69 Å². The maximum absolute atomic E-state index is 12.4. The Kier molecular flexibility index (Phi) is 5.16. The van der Waals surface area contributed by atoms with Gasteiger partial charge in [0, 0.05) is 5.56 Å². The van der Waals surface area contributed by atoms with E-state index in [4.69, 9.17) is 27.9 Å². The lowest BCUT2D eigenvalue weighted by Crippen LogP contribution is -2.29. The zero-order valence-electron chi connectivity index (χ0n) is 12.9. The number of halogens is 2. The summed E-state index contributed by atoms with van der Waals surface area (Å²) < 4.78 is 6.40. The second-order valence-corrected chi connectivity index (χ2v) is 5.80. The molecule has 5 nitrogen and oxygen atoms in total. The van der Waals surface area contributed by atoms with E-state index in [-0.39, 0.29) is 16.9 Å².